The predicted octanol–water partition coefficient (Wildman–Crippen LogP) is 6.87. The molecule has 3 aromatic rings. The summed E-state index contributed by atoms with van der Waals surface area (Å²) >= 11 is 6.41. The Labute approximate surface area is 196 Å². The zero-order valence-electron chi connectivity index (χ0n) is 20.0. The summed E-state index contributed by atoms with van der Waals surface area (Å²) in [7, 11) is -2.21. The molecule has 1 atom stereocenters. The molecule has 0 radical (unpaired) electrons. The maximum atomic E-state index is 13.7. The third-order valence-electron chi connectivity index (χ3n) is 6.45. The van der Waals surface area contributed by atoms with Crippen LogP contribution in [0.3, 0.4) is 0 Å². The van der Waals surface area contributed by atoms with Crippen molar-refractivity contribution < 1.29 is 4.43 Å². The van der Waals surface area contributed by atoms with Gasteiger partial charge in [0.2, 0.25) is 8.32 Å². The summed E-state index contributed by atoms with van der Waals surface area (Å²) in [5.74, 6) is 0.564. The monoisotopic (exact) mass is 471 g/mol. The molecule has 0 bridgehead atoms. The summed E-state index contributed by atoms with van der Waals surface area (Å²) in [5, 5.41) is 0.778. The van der Waals surface area contributed by atoms with Crippen molar-refractivity contribution in [3.63, 3.8) is 0 Å². The molecule has 5 nitrogen and oxygen atoms in total. The Bertz CT molecular complexity index is 1150. The maximum absolute atomic E-state index is 13.7. The van der Waals surface area contributed by atoms with Crippen molar-refractivity contribution in [2.75, 3.05) is 5.73 Å². The van der Waals surface area contributed by atoms with Crippen LogP contribution in [0.4, 0.5) is 5.69 Å². The molecule has 32 heavy (non-hydrogen) atoms. The number of halogens is 1. The molecule has 0 saturated carbocycles. The van der Waals surface area contributed by atoms with E-state index in [0.717, 1.165) is 0 Å². The summed E-state index contributed by atoms with van der Waals surface area (Å²) in [6.07, 6.45) is -0.383. The highest BCUT2D eigenvalue weighted by Crippen LogP contribution is 2.45. The number of fused-ring (bicyclic) bond motifs is 1. The smallest absolute Gasteiger partial charge is 0.267 e. The number of rotatable bonds is 7. The van der Waals surface area contributed by atoms with Gasteiger partial charge in [0, 0.05) is 5.69 Å². The number of hydrogen-bond acceptors (Lipinski definition) is 4. The van der Waals surface area contributed by atoms with Gasteiger partial charge in [0.1, 0.15) is 11.9 Å². The van der Waals surface area contributed by atoms with Gasteiger partial charge in [0.25, 0.3) is 5.56 Å². The molecule has 0 spiro atoms. The van der Waals surface area contributed by atoms with Gasteiger partial charge in [-0.05, 0) is 53.9 Å². The lowest BCUT2D eigenvalue weighted by Gasteiger charge is -2.44. The molecule has 0 amide bonds. The SMILES string of the molecule is CC(O[Si](C(C)C)(C(C)C)C(C)C)c1nc2cccc(Cl)c2c(=O)n1-c1cccc(N)c1. The number of nitrogen functional groups attached to an aromatic ring is 1. The standard InChI is InChI=1S/C25H34ClN3O2Si/c1-15(2)32(16(3)4,17(5)6)31-18(7)24-28-22-13-9-12-21(26)23(22)25(30)29(24)20-11-8-10-19(27)14-20/h8-18H,27H2,1-7H3. The first-order valence-electron chi connectivity index (χ1n) is 11.3. The fraction of sp³-hybridized carbons (Fsp3) is 0.440. The van der Waals surface area contributed by atoms with Crippen LogP contribution in [0.1, 0.15) is 60.4 Å². The van der Waals surface area contributed by atoms with E-state index in [1.165, 1.54) is 0 Å². The van der Waals surface area contributed by atoms with Gasteiger partial charge in [0.05, 0.1) is 21.6 Å². The van der Waals surface area contributed by atoms with E-state index >= 15 is 0 Å². The van der Waals surface area contributed by atoms with Crippen molar-refractivity contribution in [3.8, 4) is 5.69 Å². The number of nitrogens with zero attached hydrogens (tertiary/aromatic N) is 2. The van der Waals surface area contributed by atoms with Gasteiger partial charge in [-0.15, -0.1) is 0 Å². The molecule has 2 N–H and O–H groups in total. The zero-order chi connectivity index (χ0) is 23.8. The van der Waals surface area contributed by atoms with E-state index in [1.807, 2.05) is 31.2 Å². The van der Waals surface area contributed by atoms with Crippen molar-refractivity contribution in [1.82, 2.24) is 9.55 Å². The van der Waals surface area contributed by atoms with Crippen molar-refractivity contribution in [2.24, 2.45) is 0 Å². The molecule has 0 aliphatic carbocycles. The Hall–Kier alpha value is -2.15. The van der Waals surface area contributed by atoms with Crippen LogP contribution in [0.15, 0.2) is 47.3 Å². The van der Waals surface area contributed by atoms with E-state index in [2.05, 4.69) is 41.5 Å². The third-order valence-corrected chi connectivity index (χ3v) is 12.9. The average molecular weight is 472 g/mol. The average Bonchev–Trinajstić information content (AvgIpc) is 2.70. The fourth-order valence-electron chi connectivity index (χ4n) is 5.16. The zero-order valence-corrected chi connectivity index (χ0v) is 21.8. The molecule has 0 aliphatic heterocycles. The first-order chi connectivity index (χ1) is 15.0. The summed E-state index contributed by atoms with van der Waals surface area (Å²) in [6.45, 7) is 15.5. The van der Waals surface area contributed by atoms with Crippen LogP contribution in [0.5, 0.6) is 0 Å². The van der Waals surface area contributed by atoms with E-state index < -0.39 is 8.32 Å². The van der Waals surface area contributed by atoms with E-state index in [0.29, 0.717) is 49.7 Å². The molecule has 2 aromatic carbocycles. The number of aromatic nitrogens is 2. The van der Waals surface area contributed by atoms with Gasteiger partial charge < -0.3 is 10.2 Å². The van der Waals surface area contributed by atoms with Crippen LogP contribution in [0.2, 0.25) is 21.6 Å². The van der Waals surface area contributed by atoms with E-state index in [4.69, 9.17) is 26.7 Å². The van der Waals surface area contributed by atoms with Gasteiger partial charge in [-0.2, -0.15) is 0 Å². The Balaban J connectivity index is 2.29. The van der Waals surface area contributed by atoms with Crippen LogP contribution < -0.4 is 11.3 Å². The van der Waals surface area contributed by atoms with Crippen LogP contribution in [-0.2, 0) is 4.43 Å². The molecule has 1 aromatic heterocycles. The first kappa shape index (κ1) is 24.5. The van der Waals surface area contributed by atoms with Crippen molar-refractivity contribution in [1.29, 1.82) is 0 Å². The summed E-state index contributed by atoms with van der Waals surface area (Å²) in [6, 6.07) is 12.6. The Morgan fingerprint density at radius 3 is 2.12 bits per heavy atom. The highest BCUT2D eigenvalue weighted by molar-refractivity contribution is 6.77. The Kier molecular flexibility index (Phi) is 7.17. The summed E-state index contributed by atoms with van der Waals surface area (Å²) in [4.78, 5) is 18.6. The Morgan fingerprint density at radius 1 is 0.969 bits per heavy atom. The largest absolute Gasteiger partial charge is 0.406 e. The van der Waals surface area contributed by atoms with Crippen molar-refractivity contribution in [3.05, 3.63) is 63.7 Å². The Morgan fingerprint density at radius 2 is 1.56 bits per heavy atom. The molecule has 0 fully saturated rings. The molecule has 1 unspecified atom stereocenters. The lowest BCUT2D eigenvalue weighted by molar-refractivity contribution is 0.183. The topological polar surface area (TPSA) is 70.1 Å². The van der Waals surface area contributed by atoms with E-state index in [1.54, 1.807) is 22.8 Å². The number of hydrogen-bond donors (Lipinski definition) is 1. The maximum Gasteiger partial charge on any atom is 0.267 e. The second-order valence-corrected chi connectivity index (χ2v) is 15.2. The first-order valence-corrected chi connectivity index (χ1v) is 13.8. The highest BCUT2D eigenvalue weighted by Gasteiger charge is 2.46. The summed E-state index contributed by atoms with van der Waals surface area (Å²) < 4.78 is 8.59. The van der Waals surface area contributed by atoms with E-state index in [-0.39, 0.29) is 11.7 Å². The second-order valence-electron chi connectivity index (χ2n) is 9.42. The molecular formula is C25H34ClN3O2Si. The molecule has 0 saturated heterocycles. The van der Waals surface area contributed by atoms with Gasteiger partial charge in [-0.3, -0.25) is 9.36 Å². The van der Waals surface area contributed by atoms with Crippen LogP contribution in [0, 0.1) is 0 Å². The minimum absolute atomic E-state index is 0.220. The van der Waals surface area contributed by atoms with Crippen LogP contribution in [0.25, 0.3) is 16.6 Å². The molecule has 3 rings (SSSR count). The lowest BCUT2D eigenvalue weighted by Crippen LogP contribution is -2.48. The summed E-state index contributed by atoms with van der Waals surface area (Å²) in [5.41, 5.74) is 8.85. The minimum Gasteiger partial charge on any atom is -0.406 e. The second kappa shape index (κ2) is 9.38. The number of benzene rings is 2. The third kappa shape index (κ3) is 4.23. The predicted molar refractivity (Wildman–Crippen MR) is 137 cm³/mol. The van der Waals surface area contributed by atoms with Gasteiger partial charge >= 0.3 is 0 Å². The fourth-order valence-corrected chi connectivity index (χ4v) is 10.9. The van der Waals surface area contributed by atoms with E-state index in [9.17, 15) is 4.79 Å². The van der Waals surface area contributed by atoms with Crippen LogP contribution >= 0.6 is 11.6 Å². The van der Waals surface area contributed by atoms with Gasteiger partial charge in [-0.1, -0.05) is 65.3 Å². The lowest BCUT2D eigenvalue weighted by atomic mass is 10.2. The molecule has 172 valence electrons. The van der Waals surface area contributed by atoms with Gasteiger partial charge in [-0.25, -0.2) is 4.98 Å². The quantitative estimate of drug-likeness (QED) is 0.301. The van der Waals surface area contributed by atoms with Crippen molar-refractivity contribution >= 4 is 36.5 Å². The molecular weight excluding hydrogens is 438 g/mol. The van der Waals surface area contributed by atoms with Crippen LogP contribution in [-0.4, -0.2) is 17.9 Å². The molecule has 1 heterocycles. The molecule has 0 aliphatic rings. The number of nitrogens with two attached hydrogens (primary N) is 1. The number of anilines is 1. The van der Waals surface area contributed by atoms with Gasteiger partial charge in [0.15, 0.2) is 0 Å². The normalized spacial score (nSPS) is 13.5. The van der Waals surface area contributed by atoms with Crippen molar-refractivity contribution in [2.45, 2.75) is 71.2 Å². The highest BCUT2D eigenvalue weighted by atomic mass is 35.5. The molecule has 7 heteroatoms. The minimum atomic E-state index is -2.21.